The molecule has 0 aromatic carbocycles. The van der Waals surface area contributed by atoms with Crippen molar-refractivity contribution >= 4 is 5.97 Å². The molecule has 0 bridgehead atoms. The fourth-order valence-corrected chi connectivity index (χ4v) is 1.00. The molecule has 15 heavy (non-hydrogen) atoms. The molecule has 0 atom stereocenters. The summed E-state index contributed by atoms with van der Waals surface area (Å²) >= 11 is 0. The van der Waals surface area contributed by atoms with Gasteiger partial charge in [0.25, 0.3) is 0 Å². The number of hydrogen-bond acceptors (Lipinski definition) is 5. The monoisotopic (exact) mass is 205 g/mol. The SMILES string of the molecule is Cc1cnn(-c2cncc(C(=O)O)n2)n1. The molecule has 2 rings (SSSR count). The molecular formula is C8H7N5O2. The van der Waals surface area contributed by atoms with Crippen molar-refractivity contribution in [2.75, 3.05) is 0 Å². The van der Waals surface area contributed by atoms with Gasteiger partial charge in [0.2, 0.25) is 0 Å². The van der Waals surface area contributed by atoms with Crippen LogP contribution in [0.2, 0.25) is 0 Å². The lowest BCUT2D eigenvalue weighted by atomic mass is 10.4. The van der Waals surface area contributed by atoms with E-state index in [9.17, 15) is 4.79 Å². The Morgan fingerprint density at radius 1 is 1.40 bits per heavy atom. The lowest BCUT2D eigenvalue weighted by Crippen LogP contribution is -2.08. The first-order valence-electron chi connectivity index (χ1n) is 4.11. The Morgan fingerprint density at radius 2 is 2.20 bits per heavy atom. The quantitative estimate of drug-likeness (QED) is 0.745. The zero-order valence-electron chi connectivity index (χ0n) is 7.82. The van der Waals surface area contributed by atoms with E-state index in [4.69, 9.17) is 5.11 Å². The van der Waals surface area contributed by atoms with Gasteiger partial charge in [0, 0.05) is 0 Å². The highest BCUT2D eigenvalue weighted by molar-refractivity contribution is 5.85. The number of aromatic nitrogens is 5. The first-order valence-corrected chi connectivity index (χ1v) is 4.11. The van der Waals surface area contributed by atoms with Crippen molar-refractivity contribution in [3.8, 4) is 5.82 Å². The molecule has 2 heterocycles. The number of aryl methyl sites for hydroxylation is 1. The van der Waals surface area contributed by atoms with Gasteiger partial charge < -0.3 is 5.11 Å². The zero-order valence-corrected chi connectivity index (χ0v) is 7.82. The zero-order chi connectivity index (χ0) is 10.8. The van der Waals surface area contributed by atoms with E-state index in [1.54, 1.807) is 13.1 Å². The van der Waals surface area contributed by atoms with Crippen molar-refractivity contribution < 1.29 is 9.90 Å². The van der Waals surface area contributed by atoms with E-state index in [1.807, 2.05) is 0 Å². The standard InChI is InChI=1S/C8H7N5O2/c1-5-2-10-13(12-5)7-4-9-3-6(11-7)8(14)15/h2-4H,1H3,(H,14,15). The van der Waals surface area contributed by atoms with E-state index >= 15 is 0 Å². The van der Waals surface area contributed by atoms with Crippen molar-refractivity contribution in [2.24, 2.45) is 0 Å². The van der Waals surface area contributed by atoms with Crippen LogP contribution in [0.3, 0.4) is 0 Å². The number of carboxylic acids is 1. The molecule has 0 aliphatic heterocycles. The maximum atomic E-state index is 10.6. The Kier molecular flexibility index (Phi) is 2.13. The smallest absolute Gasteiger partial charge is 0.356 e. The predicted octanol–water partition coefficient (Wildman–Crippen LogP) is 0.0639. The largest absolute Gasteiger partial charge is 0.476 e. The van der Waals surface area contributed by atoms with Crippen molar-refractivity contribution in [2.45, 2.75) is 6.92 Å². The van der Waals surface area contributed by atoms with Crippen LogP contribution >= 0.6 is 0 Å². The lowest BCUT2D eigenvalue weighted by Gasteiger charge is -1.98. The van der Waals surface area contributed by atoms with Crippen LogP contribution in [0, 0.1) is 6.92 Å². The van der Waals surface area contributed by atoms with Crippen LogP contribution in [-0.2, 0) is 0 Å². The molecule has 0 radical (unpaired) electrons. The fraction of sp³-hybridized carbons (Fsp3) is 0.125. The molecule has 76 valence electrons. The van der Waals surface area contributed by atoms with Gasteiger partial charge in [-0.3, -0.25) is 4.98 Å². The van der Waals surface area contributed by atoms with Crippen LogP contribution in [0.4, 0.5) is 0 Å². The molecule has 0 amide bonds. The minimum absolute atomic E-state index is 0.137. The summed E-state index contributed by atoms with van der Waals surface area (Å²) in [6.07, 6.45) is 4.11. The topological polar surface area (TPSA) is 93.8 Å². The fourth-order valence-electron chi connectivity index (χ4n) is 1.00. The van der Waals surface area contributed by atoms with E-state index in [0.717, 1.165) is 5.69 Å². The summed E-state index contributed by atoms with van der Waals surface area (Å²) in [5.74, 6) is -0.851. The van der Waals surface area contributed by atoms with E-state index in [2.05, 4.69) is 20.2 Å². The molecule has 1 N–H and O–H groups in total. The minimum atomic E-state index is -1.13. The Bertz CT molecular complexity index is 507. The molecular weight excluding hydrogens is 198 g/mol. The average Bonchev–Trinajstić information content (AvgIpc) is 2.65. The van der Waals surface area contributed by atoms with Crippen molar-refractivity contribution in [1.82, 2.24) is 25.0 Å². The first kappa shape index (κ1) is 9.25. The normalized spacial score (nSPS) is 10.2. The van der Waals surface area contributed by atoms with Gasteiger partial charge in [0.1, 0.15) is 0 Å². The summed E-state index contributed by atoms with van der Waals surface area (Å²) in [5.41, 5.74) is 0.583. The van der Waals surface area contributed by atoms with E-state index < -0.39 is 5.97 Å². The highest BCUT2D eigenvalue weighted by Crippen LogP contribution is 2.01. The number of aromatic carboxylic acids is 1. The molecule has 2 aromatic rings. The lowest BCUT2D eigenvalue weighted by molar-refractivity contribution is 0.0690. The average molecular weight is 205 g/mol. The maximum absolute atomic E-state index is 10.6. The van der Waals surface area contributed by atoms with Crippen LogP contribution in [0.5, 0.6) is 0 Å². The molecule has 2 aromatic heterocycles. The van der Waals surface area contributed by atoms with Crippen LogP contribution in [-0.4, -0.2) is 36.0 Å². The molecule has 0 saturated carbocycles. The van der Waals surface area contributed by atoms with Crippen LogP contribution < -0.4 is 0 Å². The molecule has 0 aliphatic rings. The molecule has 0 spiro atoms. The number of carbonyl (C=O) groups is 1. The molecule has 7 nitrogen and oxygen atoms in total. The van der Waals surface area contributed by atoms with E-state index in [0.29, 0.717) is 0 Å². The van der Waals surface area contributed by atoms with Crippen LogP contribution in [0.1, 0.15) is 16.2 Å². The predicted molar refractivity (Wildman–Crippen MR) is 48.6 cm³/mol. The minimum Gasteiger partial charge on any atom is -0.476 e. The van der Waals surface area contributed by atoms with E-state index in [-0.39, 0.29) is 11.5 Å². The van der Waals surface area contributed by atoms with Crippen LogP contribution in [0.15, 0.2) is 18.6 Å². The third-order valence-corrected chi connectivity index (χ3v) is 1.65. The summed E-state index contributed by atoms with van der Waals surface area (Å²) in [5, 5.41) is 16.6. The van der Waals surface area contributed by atoms with E-state index in [1.165, 1.54) is 17.2 Å². The van der Waals surface area contributed by atoms with Gasteiger partial charge >= 0.3 is 5.97 Å². The van der Waals surface area contributed by atoms with Gasteiger partial charge in [-0.25, -0.2) is 9.78 Å². The summed E-state index contributed by atoms with van der Waals surface area (Å²) in [6.45, 7) is 1.78. The van der Waals surface area contributed by atoms with Gasteiger partial charge in [-0.2, -0.15) is 10.2 Å². The summed E-state index contributed by atoms with van der Waals surface area (Å²) in [6, 6.07) is 0. The first-order chi connectivity index (χ1) is 7.16. The van der Waals surface area contributed by atoms with Gasteiger partial charge in [0.15, 0.2) is 11.5 Å². The molecule has 0 fully saturated rings. The van der Waals surface area contributed by atoms with Gasteiger partial charge in [0.05, 0.1) is 24.3 Å². The van der Waals surface area contributed by atoms with Gasteiger partial charge in [-0.15, -0.1) is 4.80 Å². The molecule has 7 heteroatoms. The number of hydrogen-bond donors (Lipinski definition) is 1. The second-order valence-electron chi connectivity index (χ2n) is 2.84. The summed E-state index contributed by atoms with van der Waals surface area (Å²) in [4.78, 5) is 19.4. The Morgan fingerprint density at radius 3 is 2.80 bits per heavy atom. The van der Waals surface area contributed by atoms with Gasteiger partial charge in [-0.1, -0.05) is 0 Å². The molecule has 0 aliphatic carbocycles. The van der Waals surface area contributed by atoms with Gasteiger partial charge in [-0.05, 0) is 6.92 Å². The van der Waals surface area contributed by atoms with Crippen molar-refractivity contribution in [3.05, 3.63) is 30.0 Å². The Labute approximate surface area is 84.4 Å². The summed E-state index contributed by atoms with van der Waals surface area (Å²) < 4.78 is 0. The number of carboxylic acid groups (broad SMARTS) is 1. The van der Waals surface area contributed by atoms with Crippen molar-refractivity contribution in [3.63, 3.8) is 0 Å². The summed E-state index contributed by atoms with van der Waals surface area (Å²) in [7, 11) is 0. The second kappa shape index (κ2) is 3.45. The highest BCUT2D eigenvalue weighted by atomic mass is 16.4. The molecule has 0 unspecified atom stereocenters. The maximum Gasteiger partial charge on any atom is 0.356 e. The number of nitrogens with zero attached hydrogens (tertiary/aromatic N) is 5. The highest BCUT2D eigenvalue weighted by Gasteiger charge is 2.08. The second-order valence-corrected chi connectivity index (χ2v) is 2.84. The Hall–Kier alpha value is -2.31. The molecule has 0 saturated heterocycles. The van der Waals surface area contributed by atoms with Crippen LogP contribution in [0.25, 0.3) is 5.82 Å². The Balaban J connectivity index is 2.45. The number of rotatable bonds is 2. The third kappa shape index (κ3) is 1.80. The van der Waals surface area contributed by atoms with Crippen molar-refractivity contribution in [1.29, 1.82) is 0 Å². The third-order valence-electron chi connectivity index (χ3n) is 1.65.